The Morgan fingerprint density at radius 3 is 2.27 bits per heavy atom. The Morgan fingerprint density at radius 2 is 1.62 bits per heavy atom. The van der Waals surface area contributed by atoms with E-state index in [1.54, 1.807) is 0 Å². The zero-order valence-electron chi connectivity index (χ0n) is 14.4. The molecule has 1 N–H and O–H groups in total. The quantitative estimate of drug-likeness (QED) is 0.731. The van der Waals surface area contributed by atoms with Crippen LogP contribution >= 0.6 is 0 Å². The fourth-order valence-electron chi connectivity index (χ4n) is 2.54. The summed E-state index contributed by atoms with van der Waals surface area (Å²) in [6.07, 6.45) is 2.46. The molecule has 0 fully saturated rings. The van der Waals surface area contributed by atoms with Crippen molar-refractivity contribution in [2.75, 3.05) is 12.4 Å². The van der Waals surface area contributed by atoms with Crippen LogP contribution in [0.15, 0.2) is 60.9 Å². The van der Waals surface area contributed by atoms with Crippen LogP contribution < -0.4 is 5.32 Å². The van der Waals surface area contributed by atoms with Gasteiger partial charge in [-0.15, -0.1) is 0 Å². The molecule has 3 aromatic rings. The standard InChI is InChI=1S/C20H17N3O3/c1-13-15(14-7-4-3-5-8-14)9-6-10-16(13)23-19(24)17-11-22-18(12-21-17)20(25)26-2/h3-12H,1-2H3,(H,23,24). The van der Waals surface area contributed by atoms with Gasteiger partial charge in [0.15, 0.2) is 5.69 Å². The highest BCUT2D eigenvalue weighted by Gasteiger charge is 2.14. The maximum absolute atomic E-state index is 12.4. The summed E-state index contributed by atoms with van der Waals surface area (Å²) < 4.78 is 4.56. The van der Waals surface area contributed by atoms with E-state index in [4.69, 9.17) is 0 Å². The first-order valence-electron chi connectivity index (χ1n) is 7.97. The Hall–Kier alpha value is -3.54. The number of ether oxygens (including phenoxy) is 1. The second-order valence-corrected chi connectivity index (χ2v) is 5.58. The van der Waals surface area contributed by atoms with E-state index in [2.05, 4.69) is 20.0 Å². The lowest BCUT2D eigenvalue weighted by Crippen LogP contribution is -2.16. The number of nitrogens with one attached hydrogen (secondary N) is 1. The van der Waals surface area contributed by atoms with Crippen molar-refractivity contribution in [1.82, 2.24) is 9.97 Å². The van der Waals surface area contributed by atoms with Gasteiger partial charge in [0.1, 0.15) is 5.69 Å². The number of amides is 1. The third kappa shape index (κ3) is 3.59. The van der Waals surface area contributed by atoms with Gasteiger partial charge >= 0.3 is 5.97 Å². The summed E-state index contributed by atoms with van der Waals surface area (Å²) in [6.45, 7) is 1.95. The van der Waals surface area contributed by atoms with Crippen LogP contribution in [0.5, 0.6) is 0 Å². The largest absolute Gasteiger partial charge is 0.464 e. The number of esters is 1. The molecule has 0 radical (unpaired) electrons. The maximum atomic E-state index is 12.4. The molecule has 3 rings (SSSR count). The number of methoxy groups -OCH3 is 1. The van der Waals surface area contributed by atoms with E-state index in [-0.39, 0.29) is 11.4 Å². The number of nitrogens with zero attached hydrogens (tertiary/aromatic N) is 2. The summed E-state index contributed by atoms with van der Waals surface area (Å²) >= 11 is 0. The van der Waals surface area contributed by atoms with Gasteiger partial charge in [0, 0.05) is 5.69 Å². The van der Waals surface area contributed by atoms with Crippen LogP contribution in [-0.4, -0.2) is 29.0 Å². The normalized spacial score (nSPS) is 10.2. The molecular weight excluding hydrogens is 330 g/mol. The van der Waals surface area contributed by atoms with Gasteiger partial charge in [-0.25, -0.2) is 14.8 Å². The predicted octanol–water partition coefficient (Wildman–Crippen LogP) is 3.49. The molecule has 1 aromatic heterocycles. The molecule has 6 heteroatoms. The van der Waals surface area contributed by atoms with Crippen LogP contribution in [0, 0.1) is 6.92 Å². The number of carbonyl (C=O) groups excluding carboxylic acids is 2. The SMILES string of the molecule is COC(=O)c1cnc(C(=O)Nc2cccc(-c3ccccc3)c2C)cn1. The monoisotopic (exact) mass is 347 g/mol. The highest BCUT2D eigenvalue weighted by Crippen LogP contribution is 2.28. The van der Waals surface area contributed by atoms with Crippen LogP contribution in [0.25, 0.3) is 11.1 Å². The minimum absolute atomic E-state index is 0.0475. The number of rotatable bonds is 4. The van der Waals surface area contributed by atoms with Crippen molar-refractivity contribution >= 4 is 17.6 Å². The molecule has 1 amide bonds. The summed E-state index contributed by atoms with van der Waals surface area (Å²) in [5.74, 6) is -1.00. The Bertz CT molecular complexity index is 938. The predicted molar refractivity (Wildman–Crippen MR) is 97.9 cm³/mol. The smallest absolute Gasteiger partial charge is 0.358 e. The molecule has 0 aliphatic rings. The lowest BCUT2D eigenvalue weighted by Gasteiger charge is -2.12. The summed E-state index contributed by atoms with van der Waals surface area (Å²) in [6, 6.07) is 15.7. The first-order valence-corrected chi connectivity index (χ1v) is 7.97. The number of hydrogen-bond donors (Lipinski definition) is 1. The molecular formula is C20H17N3O3. The van der Waals surface area contributed by atoms with Gasteiger partial charge in [-0.2, -0.15) is 0 Å². The van der Waals surface area contributed by atoms with Crippen LogP contribution in [0.1, 0.15) is 26.5 Å². The fraction of sp³-hybridized carbons (Fsp3) is 0.100. The Labute approximate surface area is 150 Å². The van der Waals surface area contributed by atoms with Gasteiger partial charge in [0.05, 0.1) is 19.5 Å². The summed E-state index contributed by atoms with van der Waals surface area (Å²) in [7, 11) is 1.26. The topological polar surface area (TPSA) is 81.2 Å². The van der Waals surface area contributed by atoms with Gasteiger partial charge in [-0.05, 0) is 29.7 Å². The minimum atomic E-state index is -0.601. The average Bonchev–Trinajstić information content (AvgIpc) is 2.69. The van der Waals surface area contributed by atoms with Crippen molar-refractivity contribution in [3.05, 3.63) is 77.9 Å². The van der Waals surface area contributed by atoms with E-state index >= 15 is 0 Å². The van der Waals surface area contributed by atoms with Crippen molar-refractivity contribution in [3.8, 4) is 11.1 Å². The fourth-order valence-corrected chi connectivity index (χ4v) is 2.54. The molecule has 0 spiro atoms. The minimum Gasteiger partial charge on any atom is -0.464 e. The van der Waals surface area contributed by atoms with Crippen LogP contribution in [-0.2, 0) is 4.74 Å². The number of anilines is 1. The van der Waals surface area contributed by atoms with E-state index < -0.39 is 11.9 Å². The molecule has 26 heavy (non-hydrogen) atoms. The number of carbonyl (C=O) groups is 2. The zero-order valence-corrected chi connectivity index (χ0v) is 14.4. The van der Waals surface area contributed by atoms with Crippen molar-refractivity contribution in [3.63, 3.8) is 0 Å². The molecule has 6 nitrogen and oxygen atoms in total. The van der Waals surface area contributed by atoms with Crippen molar-refractivity contribution in [2.45, 2.75) is 6.92 Å². The second-order valence-electron chi connectivity index (χ2n) is 5.58. The third-order valence-electron chi connectivity index (χ3n) is 3.95. The molecule has 1 heterocycles. The van der Waals surface area contributed by atoms with Crippen molar-refractivity contribution < 1.29 is 14.3 Å². The Kier molecular flexibility index (Phi) is 5.03. The number of aromatic nitrogens is 2. The molecule has 0 bridgehead atoms. The van der Waals surface area contributed by atoms with Crippen molar-refractivity contribution in [2.24, 2.45) is 0 Å². The van der Waals surface area contributed by atoms with Gasteiger partial charge < -0.3 is 10.1 Å². The maximum Gasteiger partial charge on any atom is 0.358 e. The van der Waals surface area contributed by atoms with Crippen LogP contribution in [0.2, 0.25) is 0 Å². The number of hydrogen-bond acceptors (Lipinski definition) is 5. The first-order chi connectivity index (χ1) is 12.6. The molecule has 0 aliphatic carbocycles. The van der Waals surface area contributed by atoms with E-state index in [0.29, 0.717) is 5.69 Å². The van der Waals surface area contributed by atoms with Crippen LogP contribution in [0.4, 0.5) is 5.69 Å². The molecule has 0 saturated heterocycles. The Balaban J connectivity index is 1.83. The highest BCUT2D eigenvalue weighted by molar-refractivity contribution is 6.03. The number of benzene rings is 2. The molecule has 130 valence electrons. The lowest BCUT2D eigenvalue weighted by molar-refractivity contribution is 0.0593. The average molecular weight is 347 g/mol. The molecule has 0 unspecified atom stereocenters. The summed E-state index contributed by atoms with van der Waals surface area (Å²) in [4.78, 5) is 31.7. The lowest BCUT2D eigenvalue weighted by atomic mass is 9.99. The molecule has 2 aromatic carbocycles. The molecule has 0 atom stereocenters. The van der Waals surface area contributed by atoms with Gasteiger partial charge in [-0.3, -0.25) is 4.79 Å². The van der Waals surface area contributed by atoms with Gasteiger partial charge in [-0.1, -0.05) is 42.5 Å². The van der Waals surface area contributed by atoms with E-state index in [1.165, 1.54) is 19.5 Å². The first kappa shape index (κ1) is 17.3. The van der Waals surface area contributed by atoms with E-state index in [0.717, 1.165) is 16.7 Å². The summed E-state index contributed by atoms with van der Waals surface area (Å²) in [5, 5.41) is 2.84. The van der Waals surface area contributed by atoms with Crippen molar-refractivity contribution in [1.29, 1.82) is 0 Å². The van der Waals surface area contributed by atoms with E-state index in [1.807, 2.05) is 55.5 Å². The van der Waals surface area contributed by atoms with Gasteiger partial charge in [0.2, 0.25) is 0 Å². The second kappa shape index (κ2) is 7.57. The third-order valence-corrected chi connectivity index (χ3v) is 3.95. The molecule has 0 aliphatic heterocycles. The highest BCUT2D eigenvalue weighted by atomic mass is 16.5. The summed E-state index contributed by atoms with van der Waals surface area (Å²) in [5.41, 5.74) is 3.91. The van der Waals surface area contributed by atoms with Crippen LogP contribution in [0.3, 0.4) is 0 Å². The van der Waals surface area contributed by atoms with E-state index in [9.17, 15) is 9.59 Å². The Morgan fingerprint density at radius 1 is 0.923 bits per heavy atom. The zero-order chi connectivity index (χ0) is 18.5. The van der Waals surface area contributed by atoms with Gasteiger partial charge in [0.25, 0.3) is 5.91 Å². The molecule has 0 saturated carbocycles.